The summed E-state index contributed by atoms with van der Waals surface area (Å²) < 4.78 is 0. The summed E-state index contributed by atoms with van der Waals surface area (Å²) in [7, 11) is 0. The van der Waals surface area contributed by atoms with Gasteiger partial charge >= 0.3 is 0 Å². The van der Waals surface area contributed by atoms with E-state index in [0.717, 1.165) is 31.5 Å². The Labute approximate surface area is 114 Å². The van der Waals surface area contributed by atoms with Gasteiger partial charge in [-0.25, -0.2) is 0 Å². The van der Waals surface area contributed by atoms with Crippen molar-refractivity contribution < 1.29 is 0 Å². The second kappa shape index (κ2) is 5.41. The molecule has 3 rings (SSSR count). The molecule has 0 saturated carbocycles. The Bertz CT molecular complexity index is 538. The second-order valence-electron chi connectivity index (χ2n) is 4.96. The number of nitrogens with zero attached hydrogens (tertiary/aromatic N) is 2. The van der Waals surface area contributed by atoms with Crippen LogP contribution in [-0.2, 0) is 19.4 Å². The van der Waals surface area contributed by atoms with Crippen LogP contribution >= 0.6 is 0 Å². The molecular formula is C16H19N3. The highest BCUT2D eigenvalue weighted by Crippen LogP contribution is 2.23. The van der Waals surface area contributed by atoms with Crippen LogP contribution in [0.25, 0.3) is 0 Å². The van der Waals surface area contributed by atoms with Crippen LogP contribution in [0.4, 0.5) is 5.69 Å². The summed E-state index contributed by atoms with van der Waals surface area (Å²) in [6, 6.07) is 10.8. The number of hydrogen-bond donors (Lipinski definition) is 1. The van der Waals surface area contributed by atoms with Crippen LogP contribution < -0.4 is 10.6 Å². The van der Waals surface area contributed by atoms with Gasteiger partial charge in [-0.15, -0.1) is 0 Å². The molecule has 0 unspecified atom stereocenters. The van der Waals surface area contributed by atoms with Gasteiger partial charge in [0.2, 0.25) is 0 Å². The number of benzene rings is 1. The largest absolute Gasteiger partial charge is 0.371 e. The van der Waals surface area contributed by atoms with E-state index in [1.165, 1.54) is 16.8 Å². The SMILES string of the molecule is NCc1cnccc1N1CCc2ccccc2CC1. The van der Waals surface area contributed by atoms with Crippen molar-refractivity contribution in [2.45, 2.75) is 19.4 Å². The van der Waals surface area contributed by atoms with Crippen LogP contribution in [0.5, 0.6) is 0 Å². The zero-order valence-electron chi connectivity index (χ0n) is 11.0. The fourth-order valence-corrected chi connectivity index (χ4v) is 2.79. The number of pyridine rings is 1. The standard InChI is InChI=1S/C16H19N3/c17-11-15-12-18-8-5-16(15)19-9-6-13-3-1-2-4-14(13)7-10-19/h1-5,8,12H,6-7,9-11,17H2. The molecule has 1 aromatic heterocycles. The van der Waals surface area contributed by atoms with Gasteiger partial charge in [-0.2, -0.15) is 0 Å². The number of aromatic nitrogens is 1. The Hall–Kier alpha value is -1.87. The topological polar surface area (TPSA) is 42.1 Å². The van der Waals surface area contributed by atoms with Gasteiger partial charge in [-0.3, -0.25) is 4.98 Å². The molecule has 19 heavy (non-hydrogen) atoms. The lowest BCUT2D eigenvalue weighted by molar-refractivity contribution is 0.796. The summed E-state index contributed by atoms with van der Waals surface area (Å²) >= 11 is 0. The summed E-state index contributed by atoms with van der Waals surface area (Å²) in [4.78, 5) is 6.60. The molecule has 0 amide bonds. The van der Waals surface area contributed by atoms with Crippen LogP contribution in [0.15, 0.2) is 42.7 Å². The maximum absolute atomic E-state index is 5.81. The molecule has 1 aromatic carbocycles. The maximum atomic E-state index is 5.81. The number of anilines is 1. The molecule has 0 atom stereocenters. The Kier molecular flexibility index (Phi) is 3.47. The van der Waals surface area contributed by atoms with Crippen LogP contribution in [0.1, 0.15) is 16.7 Å². The average Bonchev–Trinajstić information content (AvgIpc) is 2.70. The molecule has 0 fully saturated rings. The normalized spacial score (nSPS) is 14.9. The molecule has 3 heteroatoms. The minimum Gasteiger partial charge on any atom is -0.371 e. The molecule has 98 valence electrons. The van der Waals surface area contributed by atoms with Gasteiger partial charge in [0.15, 0.2) is 0 Å². The van der Waals surface area contributed by atoms with E-state index in [4.69, 9.17) is 5.73 Å². The van der Waals surface area contributed by atoms with Gasteiger partial charge in [0.05, 0.1) is 0 Å². The smallest absolute Gasteiger partial charge is 0.0442 e. The van der Waals surface area contributed by atoms with E-state index in [0.29, 0.717) is 6.54 Å². The van der Waals surface area contributed by atoms with Crippen LogP contribution in [-0.4, -0.2) is 18.1 Å². The van der Waals surface area contributed by atoms with Gasteiger partial charge < -0.3 is 10.6 Å². The first-order chi connectivity index (χ1) is 9.38. The second-order valence-corrected chi connectivity index (χ2v) is 4.96. The van der Waals surface area contributed by atoms with Crippen molar-refractivity contribution in [3.8, 4) is 0 Å². The van der Waals surface area contributed by atoms with Gasteiger partial charge in [-0.05, 0) is 30.0 Å². The quantitative estimate of drug-likeness (QED) is 0.891. The highest BCUT2D eigenvalue weighted by molar-refractivity contribution is 5.53. The lowest BCUT2D eigenvalue weighted by atomic mass is 10.0. The number of fused-ring (bicyclic) bond motifs is 1. The minimum absolute atomic E-state index is 0.548. The molecule has 0 aliphatic carbocycles. The highest BCUT2D eigenvalue weighted by Gasteiger charge is 2.15. The number of nitrogens with two attached hydrogens (primary N) is 1. The first-order valence-corrected chi connectivity index (χ1v) is 6.83. The monoisotopic (exact) mass is 253 g/mol. The number of rotatable bonds is 2. The third-order valence-electron chi connectivity index (χ3n) is 3.86. The summed E-state index contributed by atoms with van der Waals surface area (Å²) in [6.07, 6.45) is 5.94. The van der Waals surface area contributed by atoms with Gasteiger partial charge in [0.25, 0.3) is 0 Å². The molecule has 0 bridgehead atoms. The predicted octanol–water partition coefficient (Wildman–Crippen LogP) is 2.15. The molecule has 1 aliphatic heterocycles. The van der Waals surface area contributed by atoms with E-state index < -0.39 is 0 Å². The maximum Gasteiger partial charge on any atom is 0.0442 e. The molecule has 0 radical (unpaired) electrons. The van der Waals surface area contributed by atoms with Crippen LogP contribution in [0, 0.1) is 0 Å². The Balaban J connectivity index is 1.85. The molecule has 0 saturated heterocycles. The van der Waals surface area contributed by atoms with Crippen LogP contribution in [0.2, 0.25) is 0 Å². The van der Waals surface area contributed by atoms with Crippen molar-refractivity contribution >= 4 is 5.69 Å². The van der Waals surface area contributed by atoms with Crippen molar-refractivity contribution in [2.24, 2.45) is 5.73 Å². The van der Waals surface area contributed by atoms with Crippen LogP contribution in [0.3, 0.4) is 0 Å². The van der Waals surface area contributed by atoms with Gasteiger partial charge in [0.1, 0.15) is 0 Å². The van der Waals surface area contributed by atoms with E-state index >= 15 is 0 Å². The summed E-state index contributed by atoms with van der Waals surface area (Å²) in [5.74, 6) is 0. The first kappa shape index (κ1) is 12.2. The van der Waals surface area contributed by atoms with E-state index in [1.54, 1.807) is 0 Å². The Morgan fingerprint density at radius 1 is 1.05 bits per heavy atom. The molecule has 1 aliphatic rings. The van der Waals surface area contributed by atoms with Crippen molar-refractivity contribution in [2.75, 3.05) is 18.0 Å². The molecule has 0 spiro atoms. The summed E-state index contributed by atoms with van der Waals surface area (Å²) in [5, 5.41) is 0. The summed E-state index contributed by atoms with van der Waals surface area (Å²) in [6.45, 7) is 2.65. The van der Waals surface area contributed by atoms with Gasteiger partial charge in [-0.1, -0.05) is 24.3 Å². The lowest BCUT2D eigenvalue weighted by Gasteiger charge is -2.24. The van der Waals surface area contributed by atoms with E-state index in [1.807, 2.05) is 12.4 Å². The Morgan fingerprint density at radius 3 is 2.37 bits per heavy atom. The zero-order valence-corrected chi connectivity index (χ0v) is 11.0. The molecule has 3 nitrogen and oxygen atoms in total. The molecule has 2 heterocycles. The van der Waals surface area contributed by atoms with Gasteiger partial charge in [0, 0.05) is 43.3 Å². The van der Waals surface area contributed by atoms with E-state index in [2.05, 4.69) is 40.2 Å². The third-order valence-corrected chi connectivity index (χ3v) is 3.86. The van der Waals surface area contributed by atoms with E-state index in [9.17, 15) is 0 Å². The lowest BCUT2D eigenvalue weighted by Crippen LogP contribution is -2.27. The zero-order chi connectivity index (χ0) is 13.1. The van der Waals surface area contributed by atoms with Crippen molar-refractivity contribution in [3.05, 3.63) is 59.4 Å². The van der Waals surface area contributed by atoms with Crippen molar-refractivity contribution in [1.29, 1.82) is 0 Å². The number of hydrogen-bond acceptors (Lipinski definition) is 3. The molecular weight excluding hydrogens is 234 g/mol. The fraction of sp³-hybridized carbons (Fsp3) is 0.312. The van der Waals surface area contributed by atoms with E-state index in [-0.39, 0.29) is 0 Å². The highest BCUT2D eigenvalue weighted by atomic mass is 15.1. The Morgan fingerprint density at radius 2 is 1.74 bits per heavy atom. The van der Waals surface area contributed by atoms with Crippen molar-refractivity contribution in [1.82, 2.24) is 4.98 Å². The minimum atomic E-state index is 0.548. The molecule has 2 aromatic rings. The summed E-state index contributed by atoms with van der Waals surface area (Å²) in [5.41, 5.74) is 11.1. The fourth-order valence-electron chi connectivity index (χ4n) is 2.79. The first-order valence-electron chi connectivity index (χ1n) is 6.83. The van der Waals surface area contributed by atoms with Crippen molar-refractivity contribution in [3.63, 3.8) is 0 Å². The predicted molar refractivity (Wildman–Crippen MR) is 78.2 cm³/mol. The third kappa shape index (κ3) is 2.47. The molecule has 2 N–H and O–H groups in total. The average molecular weight is 253 g/mol.